The molecular formula is C36H70O2. The summed E-state index contributed by atoms with van der Waals surface area (Å²) >= 11 is 0. The summed E-state index contributed by atoms with van der Waals surface area (Å²) in [6.07, 6.45) is 13.5. The van der Waals surface area contributed by atoms with Crippen LogP contribution in [0.3, 0.4) is 0 Å². The molecule has 0 aliphatic heterocycles. The lowest BCUT2D eigenvalue weighted by Crippen LogP contribution is -2.68. The van der Waals surface area contributed by atoms with Gasteiger partial charge in [-0.2, -0.15) is 0 Å². The number of hydrogen-bond acceptors (Lipinski definition) is 1. The van der Waals surface area contributed by atoms with Crippen LogP contribution >= 0.6 is 0 Å². The molecule has 4 saturated carbocycles. The molecule has 4 aliphatic rings. The van der Waals surface area contributed by atoms with Crippen molar-refractivity contribution >= 4 is 5.97 Å². The van der Waals surface area contributed by atoms with E-state index >= 15 is 0 Å². The molecule has 0 aromatic carbocycles. The van der Waals surface area contributed by atoms with E-state index < -0.39 is 5.97 Å². The molecule has 0 radical (unpaired) electrons. The molecule has 2 nitrogen and oxygen atoms in total. The topological polar surface area (TPSA) is 37.3 Å². The molecule has 9 atom stereocenters. The molecule has 0 heterocycles. The van der Waals surface area contributed by atoms with Crippen molar-refractivity contribution in [3.05, 3.63) is 0 Å². The van der Waals surface area contributed by atoms with E-state index in [2.05, 4.69) is 69.2 Å². The minimum atomic E-state index is -0.529. The maximum Gasteiger partial charge on any atom is 0.306 e. The van der Waals surface area contributed by atoms with Gasteiger partial charge >= 0.3 is 5.97 Å². The van der Waals surface area contributed by atoms with Gasteiger partial charge in [0.2, 0.25) is 0 Å². The van der Waals surface area contributed by atoms with Crippen LogP contribution in [0.25, 0.3) is 0 Å². The first-order chi connectivity index (χ1) is 17.7. The van der Waals surface area contributed by atoms with Gasteiger partial charge in [0.1, 0.15) is 0 Å². The van der Waals surface area contributed by atoms with Crippen molar-refractivity contribution in [3.63, 3.8) is 0 Å². The van der Waals surface area contributed by atoms with Gasteiger partial charge < -0.3 is 5.11 Å². The zero-order valence-electron chi connectivity index (χ0n) is 28.5. The first-order valence-corrected chi connectivity index (χ1v) is 16.9. The lowest BCUT2D eigenvalue weighted by molar-refractivity contribution is -0.268. The summed E-state index contributed by atoms with van der Waals surface area (Å²) in [5, 5.41) is 10.0. The van der Waals surface area contributed by atoms with Gasteiger partial charge in [0, 0.05) is 0 Å². The molecule has 0 spiro atoms. The van der Waals surface area contributed by atoms with Crippen LogP contribution in [0.4, 0.5) is 0 Å². The molecule has 2 heteroatoms. The standard InChI is InChI=1S/C29H50O2.C3H8.2C2H6/c1-9-10-20-21(24(30)31)14-16-26(5)22(20)11-12-23-27(26,6)17-18-29(8)25(3,4)19(2)13-15-28(23,29)7;1-3-2;2*1-2/h19-23H,9-18H2,1-8H3,(H,30,31);3H2,1-2H3;2*1-2H3/t19?,20?,21-,22?,23?,26+,27+,28+,29?;;;/m0.../s1. The quantitative estimate of drug-likeness (QED) is 0.391. The smallest absolute Gasteiger partial charge is 0.306 e. The third-order valence-electron chi connectivity index (χ3n) is 13.5. The Kier molecular flexibility index (Phi) is 12.5. The van der Waals surface area contributed by atoms with Crippen LogP contribution in [0.5, 0.6) is 0 Å². The van der Waals surface area contributed by atoms with E-state index in [1.54, 1.807) is 0 Å². The van der Waals surface area contributed by atoms with Crippen LogP contribution in [0.2, 0.25) is 0 Å². The second kappa shape index (κ2) is 13.4. The Labute approximate surface area is 239 Å². The minimum absolute atomic E-state index is 0.114. The maximum absolute atomic E-state index is 12.2. The van der Waals surface area contributed by atoms with Gasteiger partial charge in [-0.15, -0.1) is 0 Å². The molecule has 4 aliphatic carbocycles. The van der Waals surface area contributed by atoms with E-state index in [-0.39, 0.29) is 5.92 Å². The van der Waals surface area contributed by atoms with Crippen LogP contribution in [0, 0.1) is 56.7 Å². The van der Waals surface area contributed by atoms with Gasteiger partial charge in [-0.05, 0) is 109 Å². The maximum atomic E-state index is 12.2. The second-order valence-corrected chi connectivity index (χ2v) is 14.6. The molecule has 4 fully saturated rings. The Morgan fingerprint density at radius 2 is 1.26 bits per heavy atom. The van der Waals surface area contributed by atoms with E-state index in [9.17, 15) is 9.90 Å². The fourth-order valence-electron chi connectivity index (χ4n) is 10.5. The van der Waals surface area contributed by atoms with Crippen LogP contribution in [-0.2, 0) is 4.79 Å². The van der Waals surface area contributed by atoms with E-state index in [1.165, 1.54) is 44.9 Å². The van der Waals surface area contributed by atoms with Crippen LogP contribution < -0.4 is 0 Å². The molecule has 0 aromatic heterocycles. The Morgan fingerprint density at radius 1 is 0.737 bits per heavy atom. The lowest BCUT2D eigenvalue weighted by Gasteiger charge is -2.75. The molecule has 5 unspecified atom stereocenters. The fraction of sp³-hybridized carbons (Fsp3) is 0.972. The summed E-state index contributed by atoms with van der Waals surface area (Å²) in [5.41, 5.74) is 1.81. The van der Waals surface area contributed by atoms with Crippen molar-refractivity contribution in [2.24, 2.45) is 56.7 Å². The third kappa shape index (κ3) is 5.26. The minimum Gasteiger partial charge on any atom is -0.481 e. The van der Waals surface area contributed by atoms with Crippen LogP contribution in [0.15, 0.2) is 0 Å². The van der Waals surface area contributed by atoms with Crippen molar-refractivity contribution < 1.29 is 9.90 Å². The van der Waals surface area contributed by atoms with Crippen molar-refractivity contribution in [1.29, 1.82) is 0 Å². The monoisotopic (exact) mass is 535 g/mol. The predicted molar refractivity (Wildman–Crippen MR) is 167 cm³/mol. The second-order valence-electron chi connectivity index (χ2n) is 14.6. The van der Waals surface area contributed by atoms with Gasteiger partial charge in [0.15, 0.2) is 0 Å². The number of rotatable bonds is 3. The summed E-state index contributed by atoms with van der Waals surface area (Å²) < 4.78 is 0. The molecule has 0 bridgehead atoms. The normalized spacial score (nSPS) is 44.6. The van der Waals surface area contributed by atoms with Crippen molar-refractivity contribution in [3.8, 4) is 0 Å². The highest BCUT2D eigenvalue weighted by Gasteiger charge is 2.71. The highest BCUT2D eigenvalue weighted by molar-refractivity contribution is 5.70. The zero-order valence-corrected chi connectivity index (χ0v) is 28.5. The number of fused-ring (bicyclic) bond motifs is 5. The molecule has 1 N–H and O–H groups in total. The number of carboxylic acids is 1. The van der Waals surface area contributed by atoms with Gasteiger partial charge in [-0.3, -0.25) is 4.79 Å². The lowest BCUT2D eigenvalue weighted by atomic mass is 9.29. The van der Waals surface area contributed by atoms with Gasteiger partial charge in [0.25, 0.3) is 0 Å². The third-order valence-corrected chi connectivity index (χ3v) is 13.5. The molecule has 38 heavy (non-hydrogen) atoms. The Hall–Kier alpha value is -0.530. The molecule has 0 amide bonds. The molecule has 0 aromatic rings. The summed E-state index contributed by atoms with van der Waals surface area (Å²) in [5.74, 6) is 1.89. The van der Waals surface area contributed by atoms with Gasteiger partial charge in [0.05, 0.1) is 5.92 Å². The van der Waals surface area contributed by atoms with E-state index in [0.717, 1.165) is 37.5 Å². The number of hydrogen-bond donors (Lipinski definition) is 1. The van der Waals surface area contributed by atoms with Crippen molar-refractivity contribution in [2.75, 3.05) is 0 Å². The largest absolute Gasteiger partial charge is 0.481 e. The first-order valence-electron chi connectivity index (χ1n) is 16.9. The summed E-state index contributed by atoms with van der Waals surface area (Å²) in [6.45, 7) is 32.7. The molecule has 0 saturated heterocycles. The Morgan fingerprint density at radius 3 is 1.76 bits per heavy atom. The number of aliphatic carboxylic acids is 1. The van der Waals surface area contributed by atoms with Crippen LogP contribution in [-0.4, -0.2) is 11.1 Å². The highest BCUT2D eigenvalue weighted by atomic mass is 16.4. The van der Waals surface area contributed by atoms with Gasteiger partial charge in [-0.25, -0.2) is 0 Å². The average molecular weight is 535 g/mol. The predicted octanol–water partition coefficient (Wildman–Crippen LogP) is 11.7. The van der Waals surface area contributed by atoms with Gasteiger partial charge in [-0.1, -0.05) is 110 Å². The summed E-state index contributed by atoms with van der Waals surface area (Å²) in [4.78, 5) is 12.2. The van der Waals surface area contributed by atoms with E-state index in [0.29, 0.717) is 38.9 Å². The first kappa shape index (κ1) is 35.5. The van der Waals surface area contributed by atoms with Crippen molar-refractivity contribution in [2.45, 2.75) is 168 Å². The molecule has 226 valence electrons. The molecule has 4 rings (SSSR count). The highest BCUT2D eigenvalue weighted by Crippen LogP contribution is 2.78. The Bertz CT molecular complexity index is 742. The van der Waals surface area contributed by atoms with Crippen LogP contribution in [0.1, 0.15) is 168 Å². The fourth-order valence-corrected chi connectivity index (χ4v) is 10.5. The summed E-state index contributed by atoms with van der Waals surface area (Å²) in [6, 6.07) is 0. The van der Waals surface area contributed by atoms with E-state index in [4.69, 9.17) is 0 Å². The zero-order chi connectivity index (χ0) is 29.7. The number of carboxylic acid groups (broad SMARTS) is 1. The van der Waals surface area contributed by atoms with E-state index in [1.807, 2.05) is 27.7 Å². The van der Waals surface area contributed by atoms with Crippen molar-refractivity contribution in [1.82, 2.24) is 0 Å². The average Bonchev–Trinajstić information content (AvgIpc) is 2.88. The Balaban J connectivity index is 0.000000944. The SMILES string of the molecule is CC.CC.CCC.CCCC1C2CCC3[C@@]4(C)CCC(C)C(C)(C)C4(C)CC[C@@]3(C)[C@]2(C)CC[C@@H]1C(=O)O. The number of carbonyl (C=O) groups is 1. The molecular weight excluding hydrogens is 464 g/mol. The summed E-state index contributed by atoms with van der Waals surface area (Å²) in [7, 11) is 0.